The molecule has 3 aromatic rings. The standard InChI is InChI=1S/C24H16Br2Cl2N2O3/c1-32-21-10-15(18(26)11-22(21)33-13-14-5-7-17(25)8-6-14)9-16(12-29)24(31)30-20-4-2-3-19(27)23(20)28/h2-11H,13H2,1H3,(H,30,31)/b16-9-. The second-order valence-corrected chi connectivity index (χ2v) is 9.22. The molecule has 9 heteroatoms. The number of amides is 1. The van der Waals surface area contributed by atoms with Gasteiger partial charge in [-0.3, -0.25) is 4.79 Å². The molecule has 0 aromatic heterocycles. The molecule has 0 heterocycles. The van der Waals surface area contributed by atoms with Crippen LogP contribution in [0.5, 0.6) is 11.5 Å². The number of nitrogens with zero attached hydrogens (tertiary/aromatic N) is 1. The van der Waals surface area contributed by atoms with Crippen molar-refractivity contribution in [1.82, 2.24) is 0 Å². The number of nitrogens with one attached hydrogen (secondary N) is 1. The van der Waals surface area contributed by atoms with Gasteiger partial charge < -0.3 is 14.8 Å². The number of benzene rings is 3. The van der Waals surface area contributed by atoms with Gasteiger partial charge in [0.25, 0.3) is 5.91 Å². The van der Waals surface area contributed by atoms with Gasteiger partial charge in [0.1, 0.15) is 18.2 Å². The minimum Gasteiger partial charge on any atom is -0.493 e. The summed E-state index contributed by atoms with van der Waals surface area (Å²) in [7, 11) is 1.52. The smallest absolute Gasteiger partial charge is 0.266 e. The normalized spacial score (nSPS) is 11.0. The maximum Gasteiger partial charge on any atom is 0.266 e. The molecule has 0 fully saturated rings. The number of carbonyl (C=O) groups is 1. The van der Waals surface area contributed by atoms with Crippen LogP contribution >= 0.6 is 55.1 Å². The summed E-state index contributed by atoms with van der Waals surface area (Å²) in [6.07, 6.45) is 1.44. The van der Waals surface area contributed by atoms with Gasteiger partial charge in [-0.2, -0.15) is 5.26 Å². The maximum absolute atomic E-state index is 12.6. The zero-order chi connectivity index (χ0) is 24.0. The third-order valence-corrected chi connectivity index (χ3v) is 6.49. The molecule has 0 aliphatic heterocycles. The fourth-order valence-corrected chi connectivity index (χ4v) is 3.82. The van der Waals surface area contributed by atoms with Crippen molar-refractivity contribution in [2.45, 2.75) is 6.61 Å². The number of anilines is 1. The molecule has 1 N–H and O–H groups in total. The molecule has 0 saturated heterocycles. The van der Waals surface area contributed by atoms with E-state index in [-0.39, 0.29) is 10.6 Å². The Bertz CT molecular complexity index is 1260. The second-order valence-electron chi connectivity index (χ2n) is 6.67. The van der Waals surface area contributed by atoms with Crippen LogP contribution in [-0.2, 0) is 11.4 Å². The Morgan fingerprint density at radius 3 is 2.52 bits per heavy atom. The molecule has 168 valence electrons. The van der Waals surface area contributed by atoms with Gasteiger partial charge in [0.05, 0.1) is 22.8 Å². The number of hydrogen-bond acceptors (Lipinski definition) is 4. The lowest BCUT2D eigenvalue weighted by atomic mass is 10.1. The zero-order valence-electron chi connectivity index (χ0n) is 17.2. The molecule has 33 heavy (non-hydrogen) atoms. The van der Waals surface area contributed by atoms with Crippen LogP contribution in [0.25, 0.3) is 6.08 Å². The van der Waals surface area contributed by atoms with Gasteiger partial charge in [-0.05, 0) is 53.6 Å². The highest BCUT2D eigenvalue weighted by atomic mass is 79.9. The summed E-state index contributed by atoms with van der Waals surface area (Å²) in [4.78, 5) is 12.6. The van der Waals surface area contributed by atoms with Crippen molar-refractivity contribution >= 4 is 72.7 Å². The highest BCUT2D eigenvalue weighted by Crippen LogP contribution is 2.35. The number of nitriles is 1. The first-order valence-electron chi connectivity index (χ1n) is 9.44. The fourth-order valence-electron chi connectivity index (χ4n) is 2.77. The van der Waals surface area contributed by atoms with Crippen molar-refractivity contribution in [2.75, 3.05) is 12.4 Å². The molecular weight excluding hydrogens is 595 g/mol. The van der Waals surface area contributed by atoms with Crippen LogP contribution in [0, 0.1) is 11.3 Å². The number of methoxy groups -OCH3 is 1. The minimum absolute atomic E-state index is 0.127. The first-order chi connectivity index (χ1) is 15.8. The summed E-state index contributed by atoms with van der Waals surface area (Å²) in [6, 6.07) is 17.9. The van der Waals surface area contributed by atoms with Crippen LogP contribution in [0.4, 0.5) is 5.69 Å². The van der Waals surface area contributed by atoms with Gasteiger partial charge >= 0.3 is 0 Å². The largest absolute Gasteiger partial charge is 0.493 e. The topological polar surface area (TPSA) is 71.3 Å². The average Bonchev–Trinajstić information content (AvgIpc) is 2.81. The van der Waals surface area contributed by atoms with Gasteiger partial charge in [-0.1, -0.05) is 73.3 Å². The second kappa shape index (κ2) is 11.6. The van der Waals surface area contributed by atoms with Crippen molar-refractivity contribution in [3.63, 3.8) is 0 Å². The van der Waals surface area contributed by atoms with Crippen LogP contribution < -0.4 is 14.8 Å². The summed E-state index contributed by atoms with van der Waals surface area (Å²) in [5.41, 5.74) is 1.73. The first-order valence-corrected chi connectivity index (χ1v) is 11.8. The van der Waals surface area contributed by atoms with E-state index < -0.39 is 5.91 Å². The van der Waals surface area contributed by atoms with E-state index in [0.29, 0.717) is 38.9 Å². The third-order valence-electron chi connectivity index (χ3n) is 4.46. The Kier molecular flexibility index (Phi) is 8.81. The zero-order valence-corrected chi connectivity index (χ0v) is 21.8. The molecule has 0 saturated carbocycles. The Morgan fingerprint density at radius 2 is 1.85 bits per heavy atom. The molecular formula is C24H16Br2Cl2N2O3. The predicted molar refractivity (Wildman–Crippen MR) is 138 cm³/mol. The van der Waals surface area contributed by atoms with Gasteiger partial charge in [0.2, 0.25) is 0 Å². The molecule has 1 amide bonds. The van der Waals surface area contributed by atoms with E-state index in [4.69, 9.17) is 32.7 Å². The monoisotopic (exact) mass is 608 g/mol. The van der Waals surface area contributed by atoms with Crippen molar-refractivity contribution in [3.05, 3.63) is 90.3 Å². The molecule has 0 unspecified atom stereocenters. The number of hydrogen-bond donors (Lipinski definition) is 1. The maximum atomic E-state index is 12.6. The van der Waals surface area contributed by atoms with Gasteiger partial charge in [-0.25, -0.2) is 0 Å². The van der Waals surface area contributed by atoms with E-state index in [1.807, 2.05) is 30.3 Å². The van der Waals surface area contributed by atoms with E-state index in [0.717, 1.165) is 10.0 Å². The fraction of sp³-hybridized carbons (Fsp3) is 0.0833. The molecule has 5 nitrogen and oxygen atoms in total. The van der Waals surface area contributed by atoms with Crippen molar-refractivity contribution in [1.29, 1.82) is 5.26 Å². The Balaban J connectivity index is 1.83. The van der Waals surface area contributed by atoms with E-state index in [1.165, 1.54) is 13.2 Å². The quantitative estimate of drug-likeness (QED) is 0.220. The van der Waals surface area contributed by atoms with E-state index in [2.05, 4.69) is 37.2 Å². The van der Waals surface area contributed by atoms with Crippen molar-refractivity contribution in [2.24, 2.45) is 0 Å². The number of rotatable bonds is 7. The van der Waals surface area contributed by atoms with Crippen LogP contribution in [0.1, 0.15) is 11.1 Å². The molecule has 0 atom stereocenters. The first kappa shape index (κ1) is 25.1. The van der Waals surface area contributed by atoms with Gasteiger partial charge in [0.15, 0.2) is 11.5 Å². The van der Waals surface area contributed by atoms with Crippen molar-refractivity contribution in [3.8, 4) is 17.6 Å². The van der Waals surface area contributed by atoms with Gasteiger partial charge in [0, 0.05) is 8.95 Å². The SMILES string of the molecule is COc1cc(/C=C(/C#N)C(=O)Nc2cccc(Cl)c2Cl)c(Br)cc1OCc1ccc(Br)cc1. The highest BCUT2D eigenvalue weighted by Gasteiger charge is 2.15. The number of ether oxygens (including phenoxy) is 2. The van der Waals surface area contributed by atoms with Gasteiger partial charge in [-0.15, -0.1) is 0 Å². The Morgan fingerprint density at radius 1 is 1.12 bits per heavy atom. The summed E-state index contributed by atoms with van der Waals surface area (Å²) < 4.78 is 13.0. The van der Waals surface area contributed by atoms with E-state index in [9.17, 15) is 10.1 Å². The lowest BCUT2D eigenvalue weighted by molar-refractivity contribution is -0.112. The molecule has 0 aliphatic carbocycles. The summed E-state index contributed by atoms with van der Waals surface area (Å²) in [5, 5.41) is 12.6. The molecule has 0 radical (unpaired) electrons. The van der Waals surface area contributed by atoms with Crippen molar-refractivity contribution < 1.29 is 14.3 Å². The van der Waals surface area contributed by atoms with Crippen LogP contribution in [0.2, 0.25) is 10.0 Å². The summed E-state index contributed by atoms with van der Waals surface area (Å²) in [6.45, 7) is 0.345. The third kappa shape index (κ3) is 6.52. The number of carbonyl (C=O) groups excluding carboxylic acids is 1. The summed E-state index contributed by atoms with van der Waals surface area (Å²) in [5.74, 6) is 0.346. The minimum atomic E-state index is -0.622. The van der Waals surface area contributed by atoms with Crippen LogP contribution in [-0.4, -0.2) is 13.0 Å². The summed E-state index contributed by atoms with van der Waals surface area (Å²) >= 11 is 19.0. The highest BCUT2D eigenvalue weighted by molar-refractivity contribution is 9.10. The van der Waals surface area contributed by atoms with Crippen LogP contribution in [0.3, 0.4) is 0 Å². The molecule has 3 aromatic carbocycles. The number of halogens is 4. The lowest BCUT2D eigenvalue weighted by Crippen LogP contribution is -2.13. The molecule has 3 rings (SSSR count). The molecule has 0 spiro atoms. The average molecular weight is 611 g/mol. The Hall–Kier alpha value is -2.50. The molecule has 0 bridgehead atoms. The van der Waals surface area contributed by atoms with E-state index >= 15 is 0 Å². The van der Waals surface area contributed by atoms with E-state index in [1.54, 1.807) is 30.3 Å². The Labute approximate surface area is 218 Å². The van der Waals surface area contributed by atoms with Crippen LogP contribution in [0.15, 0.2) is 69.1 Å². The lowest BCUT2D eigenvalue weighted by Gasteiger charge is -2.13. The molecule has 0 aliphatic rings. The predicted octanol–water partition coefficient (Wildman–Crippen LogP) is 7.65.